The Morgan fingerprint density at radius 1 is 1.29 bits per heavy atom. The van der Waals surface area contributed by atoms with Crippen molar-refractivity contribution in [1.82, 2.24) is 5.16 Å². The summed E-state index contributed by atoms with van der Waals surface area (Å²) in [4.78, 5) is 11.3. The van der Waals surface area contributed by atoms with Gasteiger partial charge in [-0.1, -0.05) is 29.4 Å². The lowest BCUT2D eigenvalue weighted by Gasteiger charge is -2.01. The number of rotatable bonds is 2. The first-order valence-corrected chi connectivity index (χ1v) is 4.30. The van der Waals surface area contributed by atoms with Crippen LogP contribution in [0, 0.1) is 0 Å². The number of nitrogens with zero attached hydrogens (tertiary/aromatic N) is 1. The molecule has 0 aliphatic carbocycles. The predicted octanol–water partition coefficient (Wildman–Crippen LogP) is 2.54. The van der Waals surface area contributed by atoms with E-state index in [1.165, 1.54) is 6.26 Å². The molecule has 0 saturated carbocycles. The third-order valence-corrected chi connectivity index (χ3v) is 2.02. The zero-order valence-corrected chi connectivity index (χ0v) is 7.73. The van der Waals surface area contributed by atoms with Crippen molar-refractivity contribution in [2.45, 2.75) is 6.92 Å². The van der Waals surface area contributed by atoms with Crippen LogP contribution in [0.1, 0.15) is 17.3 Å². The number of carbonyl (C=O) groups excluding carboxylic acids is 1. The average Bonchev–Trinajstić information content (AvgIpc) is 2.70. The van der Waals surface area contributed by atoms with E-state index in [4.69, 9.17) is 4.52 Å². The van der Waals surface area contributed by atoms with E-state index in [-0.39, 0.29) is 5.78 Å². The van der Waals surface area contributed by atoms with Gasteiger partial charge in [-0.25, -0.2) is 0 Å². The van der Waals surface area contributed by atoms with Gasteiger partial charge in [0, 0.05) is 17.2 Å². The maximum atomic E-state index is 11.3. The zero-order valence-electron chi connectivity index (χ0n) is 7.73. The van der Waals surface area contributed by atoms with Crippen LogP contribution in [0.5, 0.6) is 0 Å². The van der Waals surface area contributed by atoms with Gasteiger partial charge in [0.25, 0.3) is 0 Å². The van der Waals surface area contributed by atoms with E-state index in [1.807, 2.05) is 18.2 Å². The van der Waals surface area contributed by atoms with E-state index >= 15 is 0 Å². The molecule has 1 aromatic carbocycles. The molecular formula is C11H9NO2. The smallest absolute Gasteiger partial charge is 0.160 e. The second-order valence-corrected chi connectivity index (χ2v) is 2.99. The first kappa shape index (κ1) is 8.69. The van der Waals surface area contributed by atoms with Crippen LogP contribution in [0.25, 0.3) is 11.3 Å². The Labute approximate surface area is 81.3 Å². The molecule has 0 spiro atoms. The highest BCUT2D eigenvalue weighted by Crippen LogP contribution is 2.21. The largest absolute Gasteiger partial charge is 0.364 e. The Hall–Kier alpha value is -1.90. The Morgan fingerprint density at radius 3 is 2.71 bits per heavy atom. The number of aromatic nitrogens is 1. The van der Waals surface area contributed by atoms with E-state index in [0.717, 1.165) is 5.56 Å². The van der Waals surface area contributed by atoms with Crippen molar-refractivity contribution in [2.75, 3.05) is 0 Å². The van der Waals surface area contributed by atoms with Gasteiger partial charge in [-0.15, -0.1) is 0 Å². The summed E-state index contributed by atoms with van der Waals surface area (Å²) >= 11 is 0. The van der Waals surface area contributed by atoms with E-state index < -0.39 is 0 Å². The Bertz CT molecular complexity index is 446. The minimum Gasteiger partial charge on any atom is -0.364 e. The molecule has 0 bridgehead atoms. The van der Waals surface area contributed by atoms with Gasteiger partial charge in [0.1, 0.15) is 12.0 Å². The van der Waals surface area contributed by atoms with Gasteiger partial charge in [0.2, 0.25) is 0 Å². The molecule has 2 aromatic rings. The highest BCUT2D eigenvalue weighted by molar-refractivity contribution is 6.00. The van der Waals surface area contributed by atoms with E-state index in [2.05, 4.69) is 5.16 Å². The van der Waals surface area contributed by atoms with Crippen molar-refractivity contribution in [1.29, 1.82) is 0 Å². The second kappa shape index (κ2) is 3.46. The monoisotopic (exact) mass is 187 g/mol. The highest BCUT2D eigenvalue weighted by atomic mass is 16.5. The van der Waals surface area contributed by atoms with Gasteiger partial charge in [0.15, 0.2) is 5.78 Å². The van der Waals surface area contributed by atoms with Crippen LogP contribution in [-0.4, -0.2) is 10.9 Å². The van der Waals surface area contributed by atoms with Crippen molar-refractivity contribution in [3.05, 3.63) is 42.2 Å². The van der Waals surface area contributed by atoms with Crippen LogP contribution < -0.4 is 0 Å². The summed E-state index contributed by atoms with van der Waals surface area (Å²) in [7, 11) is 0. The number of carbonyl (C=O) groups is 1. The summed E-state index contributed by atoms with van der Waals surface area (Å²) < 4.78 is 4.74. The Balaban J connectivity index is 2.58. The minimum absolute atomic E-state index is 0.0311. The molecule has 0 N–H and O–H groups in total. The van der Waals surface area contributed by atoms with Gasteiger partial charge >= 0.3 is 0 Å². The third-order valence-electron chi connectivity index (χ3n) is 2.02. The zero-order chi connectivity index (χ0) is 9.97. The number of benzene rings is 1. The lowest BCUT2D eigenvalue weighted by molar-refractivity contribution is 0.101. The third kappa shape index (κ3) is 1.44. The molecular weight excluding hydrogens is 178 g/mol. The van der Waals surface area contributed by atoms with Crippen molar-refractivity contribution < 1.29 is 9.32 Å². The molecule has 3 heteroatoms. The molecule has 1 aromatic heterocycles. The number of Topliss-reactive ketones (excluding diaryl/α,β-unsaturated/α-hetero) is 1. The summed E-state index contributed by atoms with van der Waals surface area (Å²) in [5.41, 5.74) is 2.17. The lowest BCUT2D eigenvalue weighted by atomic mass is 10.0. The van der Waals surface area contributed by atoms with Crippen LogP contribution in [-0.2, 0) is 0 Å². The van der Waals surface area contributed by atoms with Gasteiger partial charge in [-0.2, -0.15) is 0 Å². The first-order valence-electron chi connectivity index (χ1n) is 4.30. The fourth-order valence-corrected chi connectivity index (χ4v) is 1.36. The maximum absolute atomic E-state index is 11.3. The topological polar surface area (TPSA) is 43.1 Å². The van der Waals surface area contributed by atoms with Crippen LogP contribution in [0.4, 0.5) is 0 Å². The Morgan fingerprint density at radius 2 is 2.07 bits per heavy atom. The van der Waals surface area contributed by atoms with E-state index in [9.17, 15) is 4.79 Å². The Kier molecular flexibility index (Phi) is 2.14. The molecule has 0 aliphatic rings. The van der Waals surface area contributed by atoms with Crippen LogP contribution in [0.3, 0.4) is 0 Å². The lowest BCUT2D eigenvalue weighted by Crippen LogP contribution is -1.95. The predicted molar refractivity (Wildman–Crippen MR) is 51.9 cm³/mol. The highest BCUT2D eigenvalue weighted by Gasteiger charge is 2.09. The maximum Gasteiger partial charge on any atom is 0.160 e. The van der Waals surface area contributed by atoms with E-state index in [1.54, 1.807) is 19.1 Å². The van der Waals surface area contributed by atoms with Crippen LogP contribution in [0.2, 0.25) is 0 Å². The molecule has 3 nitrogen and oxygen atoms in total. The molecule has 2 rings (SSSR count). The van der Waals surface area contributed by atoms with Gasteiger partial charge < -0.3 is 4.52 Å². The van der Waals surface area contributed by atoms with Crippen molar-refractivity contribution in [2.24, 2.45) is 0 Å². The number of hydrogen-bond donors (Lipinski definition) is 0. The van der Waals surface area contributed by atoms with E-state index in [0.29, 0.717) is 11.3 Å². The molecule has 1 heterocycles. The van der Waals surface area contributed by atoms with Crippen molar-refractivity contribution in [3.8, 4) is 11.3 Å². The summed E-state index contributed by atoms with van der Waals surface area (Å²) in [5.74, 6) is 0.0311. The van der Waals surface area contributed by atoms with Gasteiger partial charge in [-0.05, 0) is 6.92 Å². The van der Waals surface area contributed by atoms with Gasteiger partial charge in [0.05, 0.1) is 0 Å². The fourth-order valence-electron chi connectivity index (χ4n) is 1.36. The summed E-state index contributed by atoms with van der Waals surface area (Å²) in [6, 6.07) is 9.08. The average molecular weight is 187 g/mol. The molecule has 0 atom stereocenters. The van der Waals surface area contributed by atoms with Gasteiger partial charge in [-0.3, -0.25) is 4.79 Å². The standard InChI is InChI=1S/C11H9NO2/c1-8(13)9-4-2-3-5-10(9)11-6-7-14-12-11/h2-7H,1H3. The number of ketones is 1. The minimum atomic E-state index is 0.0311. The molecule has 0 radical (unpaired) electrons. The molecule has 14 heavy (non-hydrogen) atoms. The quantitative estimate of drug-likeness (QED) is 0.678. The molecule has 0 fully saturated rings. The molecule has 0 unspecified atom stereocenters. The van der Waals surface area contributed by atoms with Crippen LogP contribution in [0.15, 0.2) is 41.1 Å². The summed E-state index contributed by atoms with van der Waals surface area (Å²) in [6.45, 7) is 1.54. The summed E-state index contributed by atoms with van der Waals surface area (Å²) in [5, 5.41) is 3.80. The molecule has 0 amide bonds. The number of hydrogen-bond acceptors (Lipinski definition) is 3. The SMILES string of the molecule is CC(=O)c1ccccc1-c1ccon1. The van der Waals surface area contributed by atoms with Crippen molar-refractivity contribution in [3.63, 3.8) is 0 Å². The molecule has 70 valence electrons. The van der Waals surface area contributed by atoms with Crippen LogP contribution >= 0.6 is 0 Å². The molecule has 0 saturated heterocycles. The van der Waals surface area contributed by atoms with Crippen molar-refractivity contribution >= 4 is 5.78 Å². The molecule has 0 aliphatic heterocycles. The summed E-state index contributed by atoms with van der Waals surface area (Å²) in [6.07, 6.45) is 1.49. The fraction of sp³-hybridized carbons (Fsp3) is 0.0909. The normalized spacial score (nSPS) is 10.1. The first-order chi connectivity index (χ1) is 6.79. The second-order valence-electron chi connectivity index (χ2n) is 2.99.